The summed E-state index contributed by atoms with van der Waals surface area (Å²) in [4.78, 5) is 20.8. The Morgan fingerprint density at radius 3 is 2.27 bits per heavy atom. The molecular weight excluding hydrogens is 198 g/mol. The summed E-state index contributed by atoms with van der Waals surface area (Å²) in [6, 6.07) is 7.38. The number of hydrogen-bond donors (Lipinski definition) is 1. The summed E-state index contributed by atoms with van der Waals surface area (Å²) in [5, 5.41) is 22.5. The van der Waals surface area contributed by atoms with Crippen LogP contribution in [-0.4, -0.2) is 18.1 Å². The first-order valence-corrected chi connectivity index (χ1v) is 4.32. The zero-order chi connectivity index (χ0) is 11.3. The normalized spacial score (nSPS) is 11.7. The lowest BCUT2D eigenvalue weighted by molar-refractivity contribution is -0.310. The maximum atomic E-state index is 10.6. The molecule has 0 fully saturated rings. The van der Waals surface area contributed by atoms with E-state index in [0.29, 0.717) is 5.56 Å². The molecule has 1 aromatic carbocycles. The van der Waals surface area contributed by atoms with Gasteiger partial charge in [0.25, 0.3) is 0 Å². The van der Waals surface area contributed by atoms with Crippen LogP contribution in [0.1, 0.15) is 5.56 Å². The van der Waals surface area contributed by atoms with Crippen molar-refractivity contribution >= 4 is 12.1 Å². The predicted molar refractivity (Wildman–Crippen MR) is 47.5 cm³/mol. The molecule has 5 nitrogen and oxygen atoms in total. The van der Waals surface area contributed by atoms with Crippen LogP contribution in [0.2, 0.25) is 0 Å². The molecule has 0 unspecified atom stereocenters. The van der Waals surface area contributed by atoms with Gasteiger partial charge in [-0.3, -0.25) is 0 Å². The zero-order valence-electron chi connectivity index (χ0n) is 7.80. The van der Waals surface area contributed by atoms with Gasteiger partial charge in [-0.25, -0.2) is 0 Å². The monoisotopic (exact) mass is 207 g/mol. The zero-order valence-corrected chi connectivity index (χ0v) is 7.80. The van der Waals surface area contributed by atoms with E-state index in [2.05, 4.69) is 0 Å². The average Bonchev–Trinajstić information content (AvgIpc) is 2.17. The van der Waals surface area contributed by atoms with Gasteiger partial charge in [-0.2, -0.15) is 0 Å². The third-order valence-corrected chi connectivity index (χ3v) is 1.86. The number of carboxylic acids is 1. The third kappa shape index (κ3) is 3.68. The first kappa shape index (κ1) is 11.0. The Morgan fingerprint density at radius 1 is 1.20 bits per heavy atom. The first-order valence-electron chi connectivity index (χ1n) is 4.32. The van der Waals surface area contributed by atoms with Crippen molar-refractivity contribution in [1.82, 2.24) is 5.32 Å². The van der Waals surface area contributed by atoms with Gasteiger partial charge in [-0.15, -0.1) is 0 Å². The summed E-state index contributed by atoms with van der Waals surface area (Å²) in [7, 11) is 0. The Labute approximate surface area is 86.4 Å². The molecule has 0 aliphatic rings. The number of carboxylic acid groups (broad SMARTS) is 2. The number of rotatable bonds is 4. The van der Waals surface area contributed by atoms with Crippen LogP contribution in [-0.2, 0) is 11.2 Å². The highest BCUT2D eigenvalue weighted by Crippen LogP contribution is 2.02. The van der Waals surface area contributed by atoms with Crippen molar-refractivity contribution in [1.29, 1.82) is 0 Å². The van der Waals surface area contributed by atoms with Crippen molar-refractivity contribution < 1.29 is 19.8 Å². The molecule has 0 saturated carbocycles. The van der Waals surface area contributed by atoms with Gasteiger partial charge in [0.1, 0.15) is 6.09 Å². The van der Waals surface area contributed by atoms with Crippen LogP contribution in [0.5, 0.6) is 0 Å². The highest BCUT2D eigenvalue weighted by molar-refractivity contribution is 5.77. The fraction of sp³-hybridized carbons (Fsp3) is 0.200. The fourth-order valence-corrected chi connectivity index (χ4v) is 1.19. The molecule has 15 heavy (non-hydrogen) atoms. The smallest absolute Gasteiger partial charge is 0.134 e. The Bertz CT molecular complexity index is 350. The third-order valence-electron chi connectivity index (χ3n) is 1.86. The van der Waals surface area contributed by atoms with Crippen LogP contribution in [0.4, 0.5) is 4.79 Å². The van der Waals surface area contributed by atoms with E-state index in [9.17, 15) is 19.8 Å². The Morgan fingerprint density at radius 2 is 1.80 bits per heavy atom. The number of carbonyl (C=O) groups is 2. The van der Waals surface area contributed by atoms with Crippen molar-refractivity contribution in [2.24, 2.45) is 0 Å². The Kier molecular flexibility index (Phi) is 3.68. The number of carbonyl (C=O) groups excluding carboxylic acids is 2. The second-order valence-electron chi connectivity index (χ2n) is 2.99. The minimum atomic E-state index is -1.62. The molecule has 0 radical (unpaired) electrons. The van der Waals surface area contributed by atoms with E-state index in [-0.39, 0.29) is 6.42 Å². The largest absolute Gasteiger partial charge is 0.548 e. The van der Waals surface area contributed by atoms with Crippen molar-refractivity contribution in [3.8, 4) is 0 Å². The van der Waals surface area contributed by atoms with Crippen molar-refractivity contribution in [2.75, 3.05) is 0 Å². The number of aliphatic carboxylic acids is 1. The summed E-state index contributed by atoms with van der Waals surface area (Å²) in [5.74, 6) is -1.47. The van der Waals surface area contributed by atoms with E-state index in [1.54, 1.807) is 35.6 Å². The van der Waals surface area contributed by atoms with Gasteiger partial charge in [0.2, 0.25) is 0 Å². The molecule has 1 N–H and O–H groups in total. The summed E-state index contributed by atoms with van der Waals surface area (Å²) in [6.45, 7) is 0. The molecule has 0 aliphatic carbocycles. The fourth-order valence-electron chi connectivity index (χ4n) is 1.19. The summed E-state index contributed by atoms with van der Waals surface area (Å²) in [5.41, 5.74) is 0.709. The molecule has 0 aliphatic heterocycles. The van der Waals surface area contributed by atoms with Crippen LogP contribution in [0.25, 0.3) is 0 Å². The van der Waals surface area contributed by atoms with E-state index < -0.39 is 18.1 Å². The lowest BCUT2D eigenvalue weighted by atomic mass is 10.1. The van der Waals surface area contributed by atoms with E-state index >= 15 is 0 Å². The summed E-state index contributed by atoms with van der Waals surface area (Å²) < 4.78 is 0. The number of hydrogen-bond acceptors (Lipinski definition) is 4. The Balaban J connectivity index is 2.67. The number of amides is 1. The molecule has 80 valence electrons. The number of nitrogens with one attached hydrogen (secondary N) is 1. The van der Waals surface area contributed by atoms with Gasteiger partial charge in [0.05, 0.1) is 12.0 Å². The van der Waals surface area contributed by atoms with E-state index in [1.807, 2.05) is 0 Å². The summed E-state index contributed by atoms with van der Waals surface area (Å²) >= 11 is 0. The van der Waals surface area contributed by atoms with E-state index in [0.717, 1.165) is 0 Å². The van der Waals surface area contributed by atoms with Gasteiger partial charge in [-0.05, 0) is 12.0 Å². The lowest BCUT2D eigenvalue weighted by Crippen LogP contribution is -2.52. The Hall–Kier alpha value is -2.04. The minimum Gasteiger partial charge on any atom is -0.548 e. The predicted octanol–water partition coefficient (Wildman–Crippen LogP) is -1.72. The van der Waals surface area contributed by atoms with Crippen LogP contribution < -0.4 is 15.5 Å². The van der Waals surface area contributed by atoms with Gasteiger partial charge in [0.15, 0.2) is 0 Å². The van der Waals surface area contributed by atoms with Gasteiger partial charge in [-0.1, -0.05) is 30.3 Å². The molecular formula is C10H9NO4-2. The van der Waals surface area contributed by atoms with Crippen LogP contribution >= 0.6 is 0 Å². The molecule has 1 amide bonds. The molecule has 0 aromatic heterocycles. The highest BCUT2D eigenvalue weighted by atomic mass is 16.4. The molecule has 1 rings (SSSR count). The second-order valence-corrected chi connectivity index (χ2v) is 2.99. The SMILES string of the molecule is O=C([O-])N[C@@H](Cc1ccccc1)C(=O)[O-]. The van der Waals surface area contributed by atoms with Crippen LogP contribution in [0.3, 0.4) is 0 Å². The van der Waals surface area contributed by atoms with Crippen molar-refractivity contribution in [3.63, 3.8) is 0 Å². The topological polar surface area (TPSA) is 92.3 Å². The van der Waals surface area contributed by atoms with Gasteiger partial charge >= 0.3 is 0 Å². The van der Waals surface area contributed by atoms with E-state index in [1.165, 1.54) is 0 Å². The van der Waals surface area contributed by atoms with Gasteiger partial charge in [0, 0.05) is 0 Å². The minimum absolute atomic E-state index is 0.0388. The lowest BCUT2D eigenvalue weighted by Gasteiger charge is -2.20. The van der Waals surface area contributed by atoms with Crippen LogP contribution in [0.15, 0.2) is 30.3 Å². The van der Waals surface area contributed by atoms with Gasteiger partial charge < -0.3 is 25.1 Å². The molecule has 1 aromatic rings. The first-order chi connectivity index (χ1) is 7.09. The maximum Gasteiger partial charge on any atom is 0.134 e. The average molecular weight is 207 g/mol. The molecule has 0 bridgehead atoms. The van der Waals surface area contributed by atoms with Crippen molar-refractivity contribution in [3.05, 3.63) is 35.9 Å². The highest BCUT2D eigenvalue weighted by Gasteiger charge is 2.09. The standard InChI is InChI=1S/C10H11NO4/c12-9(13)8(11-10(14)15)6-7-4-2-1-3-5-7/h1-5,8,11H,6H2,(H,12,13)(H,14,15)/p-2/t8-/m0/s1. The van der Waals surface area contributed by atoms with E-state index in [4.69, 9.17) is 0 Å². The summed E-state index contributed by atoms with van der Waals surface area (Å²) in [6.07, 6.45) is -1.59. The van der Waals surface area contributed by atoms with Crippen molar-refractivity contribution in [2.45, 2.75) is 12.5 Å². The molecule has 5 heteroatoms. The molecule has 1 atom stereocenters. The van der Waals surface area contributed by atoms with Crippen LogP contribution in [0, 0.1) is 0 Å². The quantitative estimate of drug-likeness (QED) is 0.635. The second kappa shape index (κ2) is 4.99. The molecule has 0 spiro atoms. The number of benzene rings is 1. The molecule has 0 saturated heterocycles. The maximum absolute atomic E-state index is 10.6. The molecule has 0 heterocycles.